The number of anilines is 1. The van der Waals surface area contributed by atoms with Gasteiger partial charge >= 0.3 is 0 Å². The number of hydrogen-bond donors (Lipinski definition) is 3. The lowest BCUT2D eigenvalue weighted by Crippen LogP contribution is -2.35. The van der Waals surface area contributed by atoms with E-state index in [0.717, 1.165) is 4.31 Å². The molecule has 26 heavy (non-hydrogen) atoms. The lowest BCUT2D eigenvalue weighted by molar-refractivity contribution is -0.105. The Hall–Kier alpha value is -2.46. The van der Waals surface area contributed by atoms with Crippen LogP contribution in [0.4, 0.5) is 5.69 Å². The number of aliphatic hydroxyl groups is 2. The van der Waals surface area contributed by atoms with E-state index in [0.29, 0.717) is 34.0 Å². The Morgan fingerprint density at radius 2 is 1.73 bits per heavy atom. The topological polar surface area (TPSA) is 120 Å². The Morgan fingerprint density at radius 3 is 2.38 bits per heavy atom. The first-order valence-corrected chi connectivity index (χ1v) is 9.33. The minimum Gasteiger partial charge on any atom is -0.456 e. The summed E-state index contributed by atoms with van der Waals surface area (Å²) >= 11 is 0. The molecule has 0 fully saturated rings. The van der Waals surface area contributed by atoms with Gasteiger partial charge in [-0.25, -0.2) is 8.42 Å². The summed E-state index contributed by atoms with van der Waals surface area (Å²) in [7, 11) is -3.87. The van der Waals surface area contributed by atoms with Crippen molar-refractivity contribution in [2.45, 2.75) is 4.90 Å². The third kappa shape index (κ3) is 3.29. The number of carbonyl (C=O) groups excluding carboxylic acids is 1. The summed E-state index contributed by atoms with van der Waals surface area (Å²) in [5.74, 6) is 0. The monoisotopic (exact) mass is 378 g/mol. The third-order valence-electron chi connectivity index (χ3n) is 4.00. The SMILES string of the molecule is O=CNc1ccc2c(c1)oc1ccc(S(=O)(=O)N(CCO)CCO)cc12. The molecule has 0 saturated heterocycles. The smallest absolute Gasteiger partial charge is 0.243 e. The van der Waals surface area contributed by atoms with Gasteiger partial charge < -0.3 is 19.9 Å². The summed E-state index contributed by atoms with van der Waals surface area (Å²) < 4.78 is 32.3. The van der Waals surface area contributed by atoms with Crippen molar-refractivity contribution in [3.05, 3.63) is 36.4 Å². The molecule has 0 unspecified atom stereocenters. The third-order valence-corrected chi connectivity index (χ3v) is 5.90. The van der Waals surface area contributed by atoms with Gasteiger partial charge in [0.05, 0.1) is 18.1 Å². The maximum Gasteiger partial charge on any atom is 0.243 e. The first-order valence-electron chi connectivity index (χ1n) is 7.89. The Bertz CT molecular complexity index is 1040. The van der Waals surface area contributed by atoms with E-state index in [4.69, 9.17) is 14.6 Å². The molecular formula is C17H18N2O6S. The Morgan fingerprint density at radius 1 is 1.00 bits per heavy atom. The molecule has 2 aromatic carbocycles. The molecule has 0 aliphatic carbocycles. The number of aliphatic hydroxyl groups excluding tert-OH is 2. The van der Waals surface area contributed by atoms with Gasteiger partial charge in [0.15, 0.2) is 0 Å². The average molecular weight is 378 g/mol. The Kier molecular flexibility index (Phi) is 5.23. The molecule has 0 bridgehead atoms. The van der Waals surface area contributed by atoms with E-state index in [-0.39, 0.29) is 31.2 Å². The number of furan rings is 1. The van der Waals surface area contributed by atoms with E-state index in [1.165, 1.54) is 12.1 Å². The van der Waals surface area contributed by atoms with Crippen LogP contribution in [0.5, 0.6) is 0 Å². The quantitative estimate of drug-likeness (QED) is 0.506. The second-order valence-corrected chi connectivity index (χ2v) is 7.52. The van der Waals surface area contributed by atoms with Crippen LogP contribution < -0.4 is 5.32 Å². The van der Waals surface area contributed by atoms with Crippen LogP contribution in [0.2, 0.25) is 0 Å². The highest BCUT2D eigenvalue weighted by atomic mass is 32.2. The molecule has 1 aromatic heterocycles. The summed E-state index contributed by atoms with van der Waals surface area (Å²) in [5, 5.41) is 22.0. The van der Waals surface area contributed by atoms with Crippen LogP contribution in [0.3, 0.4) is 0 Å². The summed E-state index contributed by atoms with van der Waals surface area (Å²) in [6.07, 6.45) is 0.561. The normalized spacial score (nSPS) is 12.1. The van der Waals surface area contributed by atoms with Gasteiger partial charge in [0.25, 0.3) is 0 Å². The van der Waals surface area contributed by atoms with Gasteiger partial charge in [-0.15, -0.1) is 0 Å². The highest BCUT2D eigenvalue weighted by molar-refractivity contribution is 7.89. The summed E-state index contributed by atoms with van der Waals surface area (Å²) in [6, 6.07) is 9.57. The van der Waals surface area contributed by atoms with Gasteiger partial charge in [-0.3, -0.25) is 4.79 Å². The van der Waals surface area contributed by atoms with Crippen LogP contribution in [0.25, 0.3) is 21.9 Å². The van der Waals surface area contributed by atoms with E-state index < -0.39 is 10.0 Å². The largest absolute Gasteiger partial charge is 0.456 e. The van der Waals surface area contributed by atoms with Crippen LogP contribution in [0.1, 0.15) is 0 Å². The highest BCUT2D eigenvalue weighted by Crippen LogP contribution is 2.32. The van der Waals surface area contributed by atoms with E-state index in [1.54, 1.807) is 24.3 Å². The Balaban J connectivity index is 2.10. The zero-order valence-corrected chi connectivity index (χ0v) is 14.6. The molecule has 8 nitrogen and oxygen atoms in total. The molecule has 9 heteroatoms. The lowest BCUT2D eigenvalue weighted by Gasteiger charge is -2.20. The molecule has 1 amide bonds. The van der Waals surface area contributed by atoms with E-state index in [1.807, 2.05) is 0 Å². The standard InChI is InChI=1S/C17H18N2O6S/c20-7-5-19(6-8-21)26(23,24)13-2-4-16-15(10-13)14-3-1-12(18-11-22)9-17(14)25-16/h1-4,9-11,20-21H,5-8H2,(H,18,22). The number of carbonyl (C=O) groups is 1. The predicted octanol–water partition coefficient (Wildman–Crippen LogP) is 1.13. The van der Waals surface area contributed by atoms with Crippen molar-refractivity contribution in [3.63, 3.8) is 0 Å². The predicted molar refractivity (Wildman–Crippen MR) is 96.3 cm³/mol. The number of benzene rings is 2. The van der Waals surface area contributed by atoms with Crippen LogP contribution in [0.15, 0.2) is 45.7 Å². The first kappa shape index (κ1) is 18.3. The maximum atomic E-state index is 12.8. The number of rotatable bonds is 8. The molecule has 3 rings (SSSR count). The van der Waals surface area contributed by atoms with Gasteiger partial charge in [0, 0.05) is 35.6 Å². The van der Waals surface area contributed by atoms with Crippen molar-refractivity contribution in [2.75, 3.05) is 31.6 Å². The van der Waals surface area contributed by atoms with Crippen molar-refractivity contribution in [1.82, 2.24) is 4.31 Å². The van der Waals surface area contributed by atoms with Crippen molar-refractivity contribution in [1.29, 1.82) is 0 Å². The minimum atomic E-state index is -3.87. The highest BCUT2D eigenvalue weighted by Gasteiger charge is 2.24. The van der Waals surface area contributed by atoms with E-state index in [9.17, 15) is 13.2 Å². The van der Waals surface area contributed by atoms with E-state index in [2.05, 4.69) is 5.32 Å². The summed E-state index contributed by atoms with van der Waals surface area (Å²) in [4.78, 5) is 10.6. The first-order chi connectivity index (χ1) is 12.5. The van der Waals surface area contributed by atoms with Gasteiger partial charge in [-0.1, -0.05) is 0 Å². The van der Waals surface area contributed by atoms with E-state index >= 15 is 0 Å². The zero-order valence-electron chi connectivity index (χ0n) is 13.8. The summed E-state index contributed by atoms with van der Waals surface area (Å²) in [5.41, 5.74) is 1.60. The van der Waals surface area contributed by atoms with Crippen molar-refractivity contribution < 1.29 is 27.8 Å². The fourth-order valence-corrected chi connectivity index (χ4v) is 4.25. The molecule has 0 aliphatic rings. The molecule has 0 spiro atoms. The fraction of sp³-hybridized carbons (Fsp3) is 0.235. The van der Waals surface area contributed by atoms with Crippen molar-refractivity contribution in [3.8, 4) is 0 Å². The lowest BCUT2D eigenvalue weighted by atomic mass is 10.1. The number of sulfonamides is 1. The molecule has 0 aliphatic heterocycles. The van der Waals surface area contributed by atoms with Crippen molar-refractivity contribution in [2.24, 2.45) is 0 Å². The number of nitrogens with one attached hydrogen (secondary N) is 1. The molecular weight excluding hydrogens is 360 g/mol. The number of fused-ring (bicyclic) bond motifs is 3. The number of hydrogen-bond acceptors (Lipinski definition) is 6. The fourth-order valence-electron chi connectivity index (χ4n) is 2.80. The average Bonchev–Trinajstić information content (AvgIpc) is 2.98. The molecule has 138 valence electrons. The number of nitrogens with zero attached hydrogens (tertiary/aromatic N) is 1. The molecule has 0 radical (unpaired) electrons. The maximum absolute atomic E-state index is 12.8. The van der Waals surface area contributed by atoms with Gasteiger partial charge in [0.1, 0.15) is 11.2 Å². The second kappa shape index (κ2) is 7.42. The van der Waals surface area contributed by atoms with Gasteiger partial charge in [-0.05, 0) is 30.3 Å². The molecule has 1 heterocycles. The van der Waals surface area contributed by atoms with Crippen LogP contribution in [-0.4, -0.2) is 55.6 Å². The van der Waals surface area contributed by atoms with Gasteiger partial charge in [0.2, 0.25) is 16.4 Å². The summed E-state index contributed by atoms with van der Waals surface area (Å²) in [6.45, 7) is -0.896. The zero-order chi connectivity index (χ0) is 18.7. The minimum absolute atomic E-state index is 0.0460. The molecule has 0 saturated carbocycles. The van der Waals surface area contributed by atoms with Crippen LogP contribution in [-0.2, 0) is 14.8 Å². The van der Waals surface area contributed by atoms with Gasteiger partial charge in [-0.2, -0.15) is 4.31 Å². The molecule has 3 aromatic rings. The second-order valence-electron chi connectivity index (χ2n) is 5.58. The van der Waals surface area contributed by atoms with Crippen LogP contribution in [0, 0.1) is 0 Å². The van der Waals surface area contributed by atoms with Crippen molar-refractivity contribution >= 4 is 44.1 Å². The molecule has 3 N–H and O–H groups in total. The Labute approximate surface area is 149 Å². The number of amides is 1. The van der Waals surface area contributed by atoms with Crippen LogP contribution >= 0.6 is 0 Å². The molecule has 0 atom stereocenters.